The number of ether oxygens (including phenoxy) is 2. The first-order chi connectivity index (χ1) is 19.3. The highest BCUT2D eigenvalue weighted by Gasteiger charge is 2.28. The van der Waals surface area contributed by atoms with Crippen LogP contribution in [0.15, 0.2) is 6.07 Å². The van der Waals surface area contributed by atoms with Gasteiger partial charge < -0.3 is 18.9 Å². The van der Waals surface area contributed by atoms with E-state index in [0.717, 1.165) is 62.8 Å². The molecule has 0 unspecified atom stereocenters. The molecular formula is C28H40F2N6O4. The summed E-state index contributed by atoms with van der Waals surface area (Å²) < 4.78 is 42.2. The van der Waals surface area contributed by atoms with E-state index in [9.17, 15) is 19.2 Å². The minimum Gasteiger partial charge on any atom is -0.433 e. The number of benzene rings is 1. The van der Waals surface area contributed by atoms with Gasteiger partial charge in [-0.15, -0.1) is 0 Å². The third kappa shape index (κ3) is 8.11. The smallest absolute Gasteiger partial charge is 0.433 e. The van der Waals surface area contributed by atoms with E-state index < -0.39 is 36.0 Å². The van der Waals surface area contributed by atoms with Gasteiger partial charge in [0.1, 0.15) is 23.7 Å². The highest BCUT2D eigenvalue weighted by Crippen LogP contribution is 2.30. The van der Waals surface area contributed by atoms with Crippen LogP contribution in [0.2, 0.25) is 0 Å². The average Bonchev–Trinajstić information content (AvgIpc) is 3.32. The number of nitriles is 1. The lowest BCUT2D eigenvalue weighted by molar-refractivity contribution is -0.119. The minimum atomic E-state index is -0.946. The molecule has 1 fully saturated rings. The second kappa shape index (κ2) is 15.5. The van der Waals surface area contributed by atoms with Crippen LogP contribution in [0.1, 0.15) is 64.4 Å². The fourth-order valence-corrected chi connectivity index (χ4v) is 4.63. The van der Waals surface area contributed by atoms with Crippen LogP contribution >= 0.6 is 0 Å². The van der Waals surface area contributed by atoms with Crippen LogP contribution in [0.3, 0.4) is 0 Å². The van der Waals surface area contributed by atoms with Gasteiger partial charge in [-0.3, -0.25) is 9.69 Å². The van der Waals surface area contributed by atoms with Gasteiger partial charge in [0.25, 0.3) is 0 Å². The molecule has 3 rings (SSSR count). The molecule has 2 aromatic rings. The molecule has 40 heavy (non-hydrogen) atoms. The Balaban J connectivity index is 1.83. The number of aryl methyl sites for hydroxylation is 1. The summed E-state index contributed by atoms with van der Waals surface area (Å²) in [4.78, 5) is 35.6. The van der Waals surface area contributed by atoms with Crippen LogP contribution in [0.4, 0.5) is 19.5 Å². The van der Waals surface area contributed by atoms with Crippen molar-refractivity contribution in [2.24, 2.45) is 0 Å². The number of likely N-dealkylation sites (N-methyl/N-ethyl adjacent to an activating group) is 1. The van der Waals surface area contributed by atoms with E-state index in [4.69, 9.17) is 9.47 Å². The number of unbranched alkanes of at least 4 members (excludes halogenated alkanes) is 4. The van der Waals surface area contributed by atoms with Gasteiger partial charge >= 0.3 is 6.16 Å². The van der Waals surface area contributed by atoms with Gasteiger partial charge in [-0.05, 0) is 26.0 Å². The maximum absolute atomic E-state index is 15.3. The van der Waals surface area contributed by atoms with Crippen LogP contribution < -0.4 is 4.90 Å². The number of hydrogen-bond acceptors (Lipinski definition) is 8. The van der Waals surface area contributed by atoms with Crippen molar-refractivity contribution in [2.45, 2.75) is 65.3 Å². The number of piperazine rings is 1. The van der Waals surface area contributed by atoms with Crippen molar-refractivity contribution in [3.63, 3.8) is 0 Å². The zero-order chi connectivity index (χ0) is 29.1. The lowest BCUT2D eigenvalue weighted by Gasteiger charge is -2.31. The van der Waals surface area contributed by atoms with Gasteiger partial charge in [-0.1, -0.05) is 39.5 Å². The maximum Gasteiger partial charge on any atom is 0.510 e. The summed E-state index contributed by atoms with van der Waals surface area (Å²) in [6.45, 7) is 8.07. The number of carbonyl (C=O) groups is 2. The standard InChI is InChI=1S/C28H40F2N6O4/c1-4-6-8-10-23(37)36(20-40-28(38)39-17-16-34-14-12-33(3)13-15-34)27-32-25-22(29)18-21(19-31)24(30)26(25)35(27)11-9-7-5-2/h18H,4-17,20H2,1-3H3. The molecule has 0 N–H and O–H groups in total. The second-order valence-electron chi connectivity index (χ2n) is 10.1. The molecule has 2 heterocycles. The van der Waals surface area contributed by atoms with Crippen LogP contribution in [-0.2, 0) is 20.8 Å². The van der Waals surface area contributed by atoms with Crippen molar-refractivity contribution < 1.29 is 27.8 Å². The summed E-state index contributed by atoms with van der Waals surface area (Å²) in [7, 11) is 2.06. The van der Waals surface area contributed by atoms with E-state index in [1.165, 1.54) is 4.57 Å². The van der Waals surface area contributed by atoms with Crippen LogP contribution in [0.5, 0.6) is 0 Å². The van der Waals surface area contributed by atoms with Gasteiger partial charge in [0, 0.05) is 45.7 Å². The zero-order valence-corrected chi connectivity index (χ0v) is 23.8. The Labute approximate surface area is 234 Å². The number of anilines is 1. The van der Waals surface area contributed by atoms with Gasteiger partial charge in [0.2, 0.25) is 11.9 Å². The van der Waals surface area contributed by atoms with Crippen molar-refractivity contribution >= 4 is 29.0 Å². The molecule has 1 amide bonds. The number of imidazole rings is 1. The zero-order valence-electron chi connectivity index (χ0n) is 23.8. The normalized spacial score (nSPS) is 14.3. The van der Waals surface area contributed by atoms with E-state index in [-0.39, 0.29) is 36.6 Å². The SMILES string of the molecule is CCCCCC(=O)N(COC(=O)OCCN1CCN(C)CC1)c1nc2c(F)cc(C#N)c(F)c2n1CCCCC. The van der Waals surface area contributed by atoms with Crippen LogP contribution in [0, 0.1) is 23.0 Å². The summed E-state index contributed by atoms with van der Waals surface area (Å²) in [5, 5.41) is 9.32. The summed E-state index contributed by atoms with van der Waals surface area (Å²) >= 11 is 0. The van der Waals surface area contributed by atoms with Crippen LogP contribution in [-0.4, -0.2) is 84.5 Å². The van der Waals surface area contributed by atoms with Gasteiger partial charge in [0.05, 0.1) is 5.56 Å². The van der Waals surface area contributed by atoms with E-state index in [2.05, 4.69) is 21.8 Å². The topological polar surface area (TPSA) is 104 Å². The Bertz CT molecular complexity index is 1190. The van der Waals surface area contributed by atoms with E-state index in [1.54, 1.807) is 6.07 Å². The third-order valence-corrected chi connectivity index (χ3v) is 7.07. The first-order valence-electron chi connectivity index (χ1n) is 14.1. The molecule has 1 aromatic heterocycles. The molecule has 1 aliphatic rings. The largest absolute Gasteiger partial charge is 0.510 e. The van der Waals surface area contributed by atoms with Gasteiger partial charge in [0.15, 0.2) is 18.4 Å². The Morgan fingerprint density at radius 2 is 1.75 bits per heavy atom. The molecule has 12 heteroatoms. The molecule has 1 aromatic carbocycles. The molecule has 220 valence electrons. The molecule has 0 aliphatic carbocycles. The summed E-state index contributed by atoms with van der Waals surface area (Å²) in [6, 6.07) is 2.47. The molecule has 10 nitrogen and oxygen atoms in total. The van der Waals surface area contributed by atoms with Crippen molar-refractivity contribution in [1.29, 1.82) is 5.26 Å². The second-order valence-corrected chi connectivity index (χ2v) is 10.1. The first-order valence-corrected chi connectivity index (χ1v) is 14.1. The number of fused-ring (bicyclic) bond motifs is 1. The van der Waals surface area contributed by atoms with Crippen molar-refractivity contribution in [1.82, 2.24) is 19.4 Å². The van der Waals surface area contributed by atoms with Gasteiger partial charge in [-0.25, -0.2) is 23.5 Å². The highest BCUT2D eigenvalue weighted by atomic mass is 19.1. The van der Waals surface area contributed by atoms with Gasteiger partial charge in [-0.2, -0.15) is 5.26 Å². The highest BCUT2D eigenvalue weighted by molar-refractivity contribution is 5.94. The Kier molecular flexibility index (Phi) is 12.1. The minimum absolute atomic E-state index is 0.0364. The lowest BCUT2D eigenvalue weighted by atomic mass is 10.2. The third-order valence-electron chi connectivity index (χ3n) is 7.07. The van der Waals surface area contributed by atoms with E-state index in [1.807, 2.05) is 13.8 Å². The number of hydrogen-bond donors (Lipinski definition) is 0. The average molecular weight is 563 g/mol. The Morgan fingerprint density at radius 1 is 1.05 bits per heavy atom. The molecule has 1 aliphatic heterocycles. The molecule has 0 saturated carbocycles. The summed E-state index contributed by atoms with van der Waals surface area (Å²) in [5.41, 5.74) is -0.929. The molecule has 0 atom stereocenters. The fourth-order valence-electron chi connectivity index (χ4n) is 4.63. The molecule has 0 radical (unpaired) electrons. The predicted octanol–water partition coefficient (Wildman–Crippen LogP) is 4.65. The fraction of sp³-hybridized carbons (Fsp3) is 0.643. The maximum atomic E-state index is 15.3. The van der Waals surface area contributed by atoms with Crippen molar-refractivity contribution in [3.8, 4) is 6.07 Å². The number of amides is 1. The predicted molar refractivity (Wildman–Crippen MR) is 147 cm³/mol. The number of halogens is 2. The van der Waals surface area contributed by atoms with Crippen LogP contribution in [0.25, 0.3) is 11.0 Å². The molecule has 0 bridgehead atoms. The quantitative estimate of drug-likeness (QED) is 0.186. The molecule has 0 spiro atoms. The van der Waals surface area contributed by atoms with E-state index in [0.29, 0.717) is 19.4 Å². The summed E-state index contributed by atoms with van der Waals surface area (Å²) in [5.74, 6) is -2.21. The number of carbonyl (C=O) groups excluding carboxylic acids is 2. The number of aromatic nitrogens is 2. The van der Waals surface area contributed by atoms with Crippen molar-refractivity contribution in [3.05, 3.63) is 23.3 Å². The Morgan fingerprint density at radius 3 is 2.42 bits per heavy atom. The summed E-state index contributed by atoms with van der Waals surface area (Å²) in [6.07, 6.45) is 3.80. The monoisotopic (exact) mass is 562 g/mol. The lowest BCUT2D eigenvalue weighted by Crippen LogP contribution is -2.45. The molecule has 1 saturated heterocycles. The first kappa shape index (κ1) is 31.2. The number of nitrogens with zero attached hydrogens (tertiary/aromatic N) is 6. The van der Waals surface area contributed by atoms with E-state index >= 15 is 4.39 Å². The Hall–Kier alpha value is -3.30. The van der Waals surface area contributed by atoms with Crippen molar-refractivity contribution in [2.75, 3.05) is 58.0 Å². The molecular weight excluding hydrogens is 522 g/mol. The number of rotatable bonds is 14.